The number of halogens is 1. The van der Waals surface area contributed by atoms with E-state index in [0.29, 0.717) is 17.3 Å². The van der Waals surface area contributed by atoms with Gasteiger partial charge in [0.15, 0.2) is 0 Å². The second-order valence-corrected chi connectivity index (χ2v) is 8.23. The van der Waals surface area contributed by atoms with Crippen LogP contribution in [-0.2, 0) is 7.05 Å². The number of fused-ring (bicyclic) bond motifs is 1. The predicted molar refractivity (Wildman–Crippen MR) is 116 cm³/mol. The van der Waals surface area contributed by atoms with Gasteiger partial charge in [0, 0.05) is 38.6 Å². The van der Waals surface area contributed by atoms with Crippen molar-refractivity contribution >= 4 is 44.2 Å². The van der Waals surface area contributed by atoms with Gasteiger partial charge < -0.3 is 15.2 Å². The first kappa shape index (κ1) is 19.6. The lowest BCUT2D eigenvalue weighted by Gasteiger charge is -2.35. The van der Waals surface area contributed by atoms with Gasteiger partial charge in [0.05, 0.1) is 21.2 Å². The average Bonchev–Trinajstić information content (AvgIpc) is 3.12. The van der Waals surface area contributed by atoms with Crippen molar-refractivity contribution in [1.29, 1.82) is 0 Å². The largest absolute Gasteiger partial charge is 0.370 e. The van der Waals surface area contributed by atoms with Gasteiger partial charge in [-0.05, 0) is 40.8 Å². The van der Waals surface area contributed by atoms with Crippen LogP contribution in [0.1, 0.15) is 36.7 Å². The Morgan fingerprint density at radius 1 is 1.41 bits per heavy atom. The molecular formula is C20H23BrN6O2. The average molecular weight is 459 g/mol. The number of anilines is 2. The summed E-state index contributed by atoms with van der Waals surface area (Å²) in [4.78, 5) is 34.3. The van der Waals surface area contributed by atoms with Crippen LogP contribution >= 0.6 is 15.9 Å². The number of H-pyrrole nitrogens is 1. The number of pyridine rings is 1. The highest BCUT2D eigenvalue weighted by Crippen LogP contribution is 2.39. The number of hydrogen-bond acceptors (Lipinski definition) is 5. The summed E-state index contributed by atoms with van der Waals surface area (Å²) in [7, 11) is 1.52. The van der Waals surface area contributed by atoms with Crippen molar-refractivity contribution in [3.05, 3.63) is 45.0 Å². The summed E-state index contributed by atoms with van der Waals surface area (Å²) in [6.07, 6.45) is 7.08. The molecule has 0 aromatic carbocycles. The van der Waals surface area contributed by atoms with Crippen molar-refractivity contribution in [2.24, 2.45) is 13.0 Å². The number of piperidine rings is 1. The van der Waals surface area contributed by atoms with Crippen LogP contribution in [0.3, 0.4) is 0 Å². The summed E-state index contributed by atoms with van der Waals surface area (Å²) in [5, 5.41) is 7.82. The van der Waals surface area contributed by atoms with Crippen molar-refractivity contribution in [1.82, 2.24) is 19.7 Å². The second kappa shape index (κ2) is 7.98. The minimum Gasteiger partial charge on any atom is -0.370 e. The topological polar surface area (TPSA) is 95.9 Å². The zero-order valence-corrected chi connectivity index (χ0v) is 18.0. The molecule has 3 aromatic rings. The van der Waals surface area contributed by atoms with Crippen molar-refractivity contribution in [3.63, 3.8) is 0 Å². The number of amides is 1. The maximum absolute atomic E-state index is 12.7. The highest BCUT2D eigenvalue weighted by molar-refractivity contribution is 9.10. The molecule has 1 atom stereocenters. The molecule has 1 aliphatic heterocycles. The third-order valence-corrected chi connectivity index (χ3v) is 6.06. The Bertz CT molecular complexity index is 1120. The Hall–Kier alpha value is -2.68. The van der Waals surface area contributed by atoms with Crippen LogP contribution in [0.2, 0.25) is 0 Å². The smallest absolute Gasteiger partial charge is 0.276 e. The highest BCUT2D eigenvalue weighted by Gasteiger charge is 2.25. The first-order valence-electron chi connectivity index (χ1n) is 9.74. The number of hydrogen-bond donors (Lipinski definition) is 2. The third kappa shape index (κ3) is 3.78. The van der Waals surface area contributed by atoms with Crippen LogP contribution in [-0.4, -0.2) is 38.7 Å². The van der Waals surface area contributed by atoms with E-state index in [1.807, 2.05) is 0 Å². The maximum Gasteiger partial charge on any atom is 0.276 e. The van der Waals surface area contributed by atoms with Gasteiger partial charge in [0.2, 0.25) is 0 Å². The zero-order valence-electron chi connectivity index (χ0n) is 16.4. The Morgan fingerprint density at radius 2 is 2.24 bits per heavy atom. The lowest BCUT2D eigenvalue weighted by atomic mass is 9.95. The second-order valence-electron chi connectivity index (χ2n) is 7.38. The summed E-state index contributed by atoms with van der Waals surface area (Å²) >= 11 is 3.66. The van der Waals surface area contributed by atoms with E-state index >= 15 is 0 Å². The standard InChI is InChI=1S/C20H23BrN6O2/c1-3-12-5-4-8-27(11-12)18-13(21)9-22-19-17(18)15(10-23-19)24-20(29)14-6-7-16(28)26(2)25-14/h6-7,9-10,12H,3-5,8,11H2,1-2H3,(H,22,23)(H,24,29)/t12-/m1/s1. The van der Waals surface area contributed by atoms with E-state index in [2.05, 4.69) is 48.1 Å². The third-order valence-electron chi connectivity index (χ3n) is 5.48. The molecule has 0 spiro atoms. The van der Waals surface area contributed by atoms with Crippen molar-refractivity contribution in [2.75, 3.05) is 23.3 Å². The summed E-state index contributed by atoms with van der Waals surface area (Å²) in [5.74, 6) is 0.281. The molecule has 9 heteroatoms. The quantitative estimate of drug-likeness (QED) is 0.624. The van der Waals surface area contributed by atoms with Crippen LogP contribution in [0.5, 0.6) is 0 Å². The van der Waals surface area contributed by atoms with Gasteiger partial charge in [-0.15, -0.1) is 0 Å². The van der Waals surface area contributed by atoms with Gasteiger partial charge in [-0.25, -0.2) is 9.67 Å². The number of aromatic nitrogens is 4. The number of rotatable bonds is 4. The molecule has 8 nitrogen and oxygen atoms in total. The number of carbonyl (C=O) groups excluding carboxylic acids is 1. The fourth-order valence-electron chi connectivity index (χ4n) is 3.87. The molecule has 0 aliphatic carbocycles. The number of carbonyl (C=O) groups is 1. The minimum absolute atomic E-state index is 0.176. The Morgan fingerprint density at radius 3 is 3.00 bits per heavy atom. The van der Waals surface area contributed by atoms with Crippen LogP contribution in [0, 0.1) is 5.92 Å². The molecule has 4 rings (SSSR count). The maximum atomic E-state index is 12.7. The molecular weight excluding hydrogens is 436 g/mol. The molecule has 0 saturated carbocycles. The van der Waals surface area contributed by atoms with E-state index in [0.717, 1.165) is 46.2 Å². The van der Waals surface area contributed by atoms with Gasteiger partial charge in [0.1, 0.15) is 11.3 Å². The van der Waals surface area contributed by atoms with Crippen molar-refractivity contribution in [3.8, 4) is 0 Å². The van der Waals surface area contributed by atoms with Crippen molar-refractivity contribution < 1.29 is 4.79 Å². The van der Waals surface area contributed by atoms with E-state index in [1.165, 1.54) is 25.6 Å². The summed E-state index contributed by atoms with van der Waals surface area (Å²) in [6.45, 7) is 4.18. The molecule has 4 heterocycles. The fraction of sp³-hybridized carbons (Fsp3) is 0.400. The molecule has 0 bridgehead atoms. The minimum atomic E-state index is -0.377. The fourth-order valence-corrected chi connectivity index (χ4v) is 4.43. The number of nitrogens with one attached hydrogen (secondary N) is 2. The van der Waals surface area contributed by atoms with Crippen molar-refractivity contribution in [2.45, 2.75) is 26.2 Å². The highest BCUT2D eigenvalue weighted by atomic mass is 79.9. The Labute approximate surface area is 176 Å². The molecule has 152 valence electrons. The normalized spacial score (nSPS) is 16.9. The van der Waals surface area contributed by atoms with E-state index in [1.54, 1.807) is 12.4 Å². The van der Waals surface area contributed by atoms with E-state index in [-0.39, 0.29) is 17.2 Å². The van der Waals surface area contributed by atoms with Crippen LogP contribution in [0.15, 0.2) is 33.8 Å². The van der Waals surface area contributed by atoms with Crippen LogP contribution < -0.4 is 15.8 Å². The molecule has 1 saturated heterocycles. The molecule has 2 N–H and O–H groups in total. The summed E-state index contributed by atoms with van der Waals surface area (Å²) < 4.78 is 2.05. The molecule has 1 amide bonds. The SMILES string of the molecule is CC[C@@H]1CCCN(c2c(Br)cnc3[nH]cc(NC(=O)c4ccc(=O)n(C)n4)c23)C1. The molecule has 1 fully saturated rings. The monoisotopic (exact) mass is 458 g/mol. The molecule has 29 heavy (non-hydrogen) atoms. The first-order valence-corrected chi connectivity index (χ1v) is 10.5. The lowest BCUT2D eigenvalue weighted by molar-refractivity contribution is 0.102. The Kier molecular flexibility index (Phi) is 5.40. The van der Waals surface area contributed by atoms with E-state index in [9.17, 15) is 9.59 Å². The van der Waals surface area contributed by atoms with Gasteiger partial charge in [-0.1, -0.05) is 13.3 Å². The predicted octanol–water partition coefficient (Wildman–Crippen LogP) is 3.30. The van der Waals surface area contributed by atoms with Gasteiger partial charge in [-0.2, -0.15) is 5.10 Å². The van der Waals surface area contributed by atoms with Gasteiger partial charge in [0.25, 0.3) is 11.5 Å². The molecule has 0 radical (unpaired) electrons. The Balaban J connectivity index is 1.72. The first-order chi connectivity index (χ1) is 14.0. The molecule has 1 aliphatic rings. The van der Waals surface area contributed by atoms with E-state index in [4.69, 9.17) is 0 Å². The molecule has 0 unspecified atom stereocenters. The zero-order chi connectivity index (χ0) is 20.5. The number of aryl methyl sites for hydroxylation is 1. The number of aromatic amines is 1. The number of nitrogens with zero attached hydrogens (tertiary/aromatic N) is 4. The summed E-state index contributed by atoms with van der Waals surface area (Å²) in [5.41, 5.74) is 2.31. The summed E-state index contributed by atoms with van der Waals surface area (Å²) in [6, 6.07) is 2.76. The van der Waals surface area contributed by atoms with Gasteiger partial charge in [-0.3, -0.25) is 9.59 Å². The van der Waals surface area contributed by atoms with Crippen LogP contribution in [0.25, 0.3) is 11.0 Å². The van der Waals surface area contributed by atoms with Gasteiger partial charge >= 0.3 is 0 Å². The van der Waals surface area contributed by atoms with E-state index < -0.39 is 0 Å². The van der Waals surface area contributed by atoms with Crippen LogP contribution in [0.4, 0.5) is 11.4 Å². The molecule has 3 aromatic heterocycles. The lowest BCUT2D eigenvalue weighted by Crippen LogP contribution is -2.35.